The van der Waals surface area contributed by atoms with Gasteiger partial charge in [-0.05, 0) is 46.9 Å². The Bertz CT molecular complexity index is 1170. The van der Waals surface area contributed by atoms with E-state index in [4.69, 9.17) is 4.99 Å². The molecule has 0 amide bonds. The van der Waals surface area contributed by atoms with Crippen LogP contribution in [0.1, 0.15) is 56.9 Å². The molecule has 1 N–H and O–H groups in total. The van der Waals surface area contributed by atoms with Crippen molar-refractivity contribution >= 4 is 17.6 Å². The van der Waals surface area contributed by atoms with Crippen molar-refractivity contribution in [1.29, 1.82) is 0 Å². The van der Waals surface area contributed by atoms with Gasteiger partial charge in [-0.3, -0.25) is 4.99 Å². The second-order valence-corrected chi connectivity index (χ2v) is 10.5. The van der Waals surface area contributed by atoms with Crippen molar-refractivity contribution in [2.45, 2.75) is 45.4 Å². The minimum Gasteiger partial charge on any atom is -0.507 e. The summed E-state index contributed by atoms with van der Waals surface area (Å²) >= 11 is 0. The van der Waals surface area contributed by atoms with E-state index < -0.39 is 0 Å². The summed E-state index contributed by atoms with van der Waals surface area (Å²) in [6.45, 7) is 20.1. The van der Waals surface area contributed by atoms with Crippen LogP contribution in [0.3, 0.4) is 0 Å². The molecular formula is C32H38N2O. The predicted molar refractivity (Wildman–Crippen MR) is 152 cm³/mol. The molecule has 0 unspecified atom stereocenters. The van der Waals surface area contributed by atoms with Gasteiger partial charge in [-0.2, -0.15) is 0 Å². The standard InChI is InChI=1S/C32H38N2O/c1-8-19-34(20-9-2)28-17-15-27(16-18-28)33-23-24-21-26(31(3,4)5)22-29(30(24)35)32(6,7)25-13-11-10-12-14-25/h8-18,21-23,35H,1-2,19-20H2,3-7H3. The largest absolute Gasteiger partial charge is 0.507 e. The molecule has 0 spiro atoms. The summed E-state index contributed by atoms with van der Waals surface area (Å²) < 4.78 is 0. The Labute approximate surface area is 211 Å². The zero-order chi connectivity index (χ0) is 25.6. The SMILES string of the molecule is C=CCN(CC=C)c1ccc(N=Cc2cc(C(C)(C)C)cc(C(C)(C)c3ccccc3)c2O)cc1. The van der Waals surface area contributed by atoms with E-state index in [0.29, 0.717) is 0 Å². The summed E-state index contributed by atoms with van der Waals surface area (Å²) in [5, 5.41) is 11.4. The monoisotopic (exact) mass is 466 g/mol. The zero-order valence-corrected chi connectivity index (χ0v) is 21.8. The number of anilines is 1. The van der Waals surface area contributed by atoms with Gasteiger partial charge >= 0.3 is 0 Å². The normalized spacial score (nSPS) is 12.0. The van der Waals surface area contributed by atoms with E-state index in [1.54, 1.807) is 6.21 Å². The van der Waals surface area contributed by atoms with Crippen molar-refractivity contribution in [2.75, 3.05) is 18.0 Å². The fourth-order valence-electron chi connectivity index (χ4n) is 4.17. The molecule has 3 aromatic rings. The van der Waals surface area contributed by atoms with Crippen LogP contribution in [0.25, 0.3) is 0 Å². The van der Waals surface area contributed by atoms with Crippen molar-refractivity contribution in [2.24, 2.45) is 4.99 Å². The van der Waals surface area contributed by atoms with Gasteiger partial charge in [0, 0.05) is 41.5 Å². The first kappa shape index (κ1) is 26.0. The molecule has 35 heavy (non-hydrogen) atoms. The minimum atomic E-state index is -0.364. The summed E-state index contributed by atoms with van der Waals surface area (Å²) in [6.07, 6.45) is 5.54. The molecule has 3 aromatic carbocycles. The molecule has 0 aliphatic heterocycles. The first-order valence-electron chi connectivity index (χ1n) is 12.1. The van der Waals surface area contributed by atoms with E-state index in [-0.39, 0.29) is 16.6 Å². The lowest BCUT2D eigenvalue weighted by atomic mass is 9.74. The third-order valence-electron chi connectivity index (χ3n) is 6.44. The highest BCUT2D eigenvalue weighted by molar-refractivity contribution is 5.87. The van der Waals surface area contributed by atoms with Gasteiger partial charge in [-0.25, -0.2) is 0 Å². The maximum Gasteiger partial charge on any atom is 0.128 e. The average Bonchev–Trinajstić information content (AvgIpc) is 2.83. The number of hydrogen-bond acceptors (Lipinski definition) is 3. The quantitative estimate of drug-likeness (QED) is 0.257. The Hall–Kier alpha value is -3.59. The number of phenols is 1. The van der Waals surface area contributed by atoms with E-state index >= 15 is 0 Å². The Morgan fingerprint density at radius 1 is 0.829 bits per heavy atom. The summed E-state index contributed by atoms with van der Waals surface area (Å²) in [6, 6.07) is 22.6. The molecule has 3 heteroatoms. The van der Waals surface area contributed by atoms with Crippen molar-refractivity contribution in [3.63, 3.8) is 0 Å². The zero-order valence-electron chi connectivity index (χ0n) is 21.8. The molecule has 0 fully saturated rings. The molecule has 0 aromatic heterocycles. The number of hydrogen-bond donors (Lipinski definition) is 1. The van der Waals surface area contributed by atoms with Gasteiger partial charge in [0.05, 0.1) is 5.69 Å². The van der Waals surface area contributed by atoms with Crippen LogP contribution in [0.2, 0.25) is 0 Å². The topological polar surface area (TPSA) is 35.8 Å². The smallest absolute Gasteiger partial charge is 0.128 e. The highest BCUT2D eigenvalue weighted by atomic mass is 16.3. The number of phenolic OH excluding ortho intramolecular Hbond substituents is 1. The third-order valence-corrected chi connectivity index (χ3v) is 6.44. The molecule has 3 nitrogen and oxygen atoms in total. The first-order valence-corrected chi connectivity index (χ1v) is 12.1. The highest BCUT2D eigenvalue weighted by Gasteiger charge is 2.29. The number of benzene rings is 3. The molecule has 182 valence electrons. The maximum atomic E-state index is 11.4. The molecule has 0 atom stereocenters. The summed E-state index contributed by atoms with van der Waals surface area (Å²) in [7, 11) is 0. The molecule has 0 heterocycles. The van der Waals surface area contributed by atoms with Crippen molar-refractivity contribution in [3.05, 3.63) is 114 Å². The lowest BCUT2D eigenvalue weighted by Crippen LogP contribution is -2.22. The van der Waals surface area contributed by atoms with Crippen molar-refractivity contribution < 1.29 is 5.11 Å². The second-order valence-electron chi connectivity index (χ2n) is 10.5. The summed E-state index contributed by atoms with van der Waals surface area (Å²) in [5.41, 5.74) is 5.43. The molecule has 3 rings (SSSR count). The minimum absolute atomic E-state index is 0.0702. The van der Waals surface area contributed by atoms with Gasteiger partial charge in [0.25, 0.3) is 0 Å². The number of aromatic hydroxyl groups is 1. The molecule has 0 saturated heterocycles. The van der Waals surface area contributed by atoms with E-state index in [0.717, 1.165) is 46.7 Å². The van der Waals surface area contributed by atoms with Crippen LogP contribution in [0.5, 0.6) is 5.75 Å². The van der Waals surface area contributed by atoms with Crippen LogP contribution in [-0.4, -0.2) is 24.4 Å². The Morgan fingerprint density at radius 2 is 1.43 bits per heavy atom. The number of aliphatic imine (C=N–C) groups is 1. The molecule has 0 saturated carbocycles. The maximum absolute atomic E-state index is 11.4. The first-order chi connectivity index (χ1) is 16.6. The number of rotatable bonds is 9. The molecule has 0 bridgehead atoms. The van der Waals surface area contributed by atoms with Crippen molar-refractivity contribution in [1.82, 2.24) is 0 Å². The molecule has 0 aliphatic carbocycles. The van der Waals surface area contributed by atoms with Crippen LogP contribution in [-0.2, 0) is 10.8 Å². The van der Waals surface area contributed by atoms with Crippen LogP contribution >= 0.6 is 0 Å². The second kappa shape index (κ2) is 10.8. The predicted octanol–water partition coefficient (Wildman–Crippen LogP) is 7.94. The van der Waals surface area contributed by atoms with E-state index in [1.807, 2.05) is 48.6 Å². The van der Waals surface area contributed by atoms with Gasteiger partial charge in [0.15, 0.2) is 0 Å². The third kappa shape index (κ3) is 6.10. The lowest BCUT2D eigenvalue weighted by Gasteiger charge is -2.30. The van der Waals surface area contributed by atoms with E-state index in [9.17, 15) is 5.11 Å². The fraction of sp³-hybridized carbons (Fsp3) is 0.281. The lowest BCUT2D eigenvalue weighted by molar-refractivity contribution is 0.450. The Morgan fingerprint density at radius 3 is 1.97 bits per heavy atom. The van der Waals surface area contributed by atoms with Crippen LogP contribution in [0, 0.1) is 0 Å². The van der Waals surface area contributed by atoms with Crippen LogP contribution in [0.4, 0.5) is 11.4 Å². The van der Waals surface area contributed by atoms with Gasteiger partial charge < -0.3 is 10.0 Å². The Kier molecular flexibility index (Phi) is 8.01. The molecular weight excluding hydrogens is 428 g/mol. The highest BCUT2D eigenvalue weighted by Crippen LogP contribution is 2.41. The Balaban J connectivity index is 2.01. The fourth-order valence-corrected chi connectivity index (χ4v) is 4.17. The van der Waals surface area contributed by atoms with E-state index in [1.165, 1.54) is 0 Å². The van der Waals surface area contributed by atoms with Gasteiger partial charge in [-0.1, -0.05) is 83.2 Å². The van der Waals surface area contributed by atoms with Gasteiger partial charge in [-0.15, -0.1) is 13.2 Å². The summed E-state index contributed by atoms with van der Waals surface area (Å²) in [5.74, 6) is 0.273. The van der Waals surface area contributed by atoms with Crippen LogP contribution in [0.15, 0.2) is 97.0 Å². The number of nitrogens with zero attached hydrogens (tertiary/aromatic N) is 2. The van der Waals surface area contributed by atoms with Crippen molar-refractivity contribution in [3.8, 4) is 5.75 Å². The summed E-state index contributed by atoms with van der Waals surface area (Å²) in [4.78, 5) is 6.89. The molecule has 0 radical (unpaired) electrons. The van der Waals surface area contributed by atoms with Gasteiger partial charge in [0.1, 0.15) is 5.75 Å². The molecule has 0 aliphatic rings. The average molecular weight is 467 g/mol. The van der Waals surface area contributed by atoms with Crippen LogP contribution < -0.4 is 4.90 Å². The van der Waals surface area contributed by atoms with E-state index in [2.05, 4.69) is 83.0 Å². The van der Waals surface area contributed by atoms with Gasteiger partial charge in [0.2, 0.25) is 0 Å².